The highest BCUT2D eigenvalue weighted by atomic mass is 19.2. The van der Waals surface area contributed by atoms with Gasteiger partial charge in [0.1, 0.15) is 5.54 Å². The molecule has 1 heterocycles. The quantitative estimate of drug-likeness (QED) is 0.702. The molecule has 2 rings (SSSR count). The number of hydrogen-bond acceptors (Lipinski definition) is 2. The average molecular weight is 226 g/mol. The molecule has 0 spiro atoms. The number of hydrogen-bond donors (Lipinski definition) is 2. The van der Waals surface area contributed by atoms with Crippen LogP contribution < -0.4 is 10.6 Å². The monoisotopic (exact) mass is 226 g/mol. The molecule has 1 saturated heterocycles. The molecular formula is C10H8F2N2O2. The molecular weight excluding hydrogens is 218 g/mol. The van der Waals surface area contributed by atoms with E-state index in [4.69, 9.17) is 0 Å². The maximum Gasteiger partial charge on any atom is 0.322 e. The molecule has 1 aromatic carbocycles. The van der Waals surface area contributed by atoms with Crippen molar-refractivity contribution >= 4 is 11.9 Å². The fourth-order valence-electron chi connectivity index (χ4n) is 1.55. The van der Waals surface area contributed by atoms with Crippen LogP contribution in [0.4, 0.5) is 13.6 Å². The zero-order chi connectivity index (χ0) is 11.9. The summed E-state index contributed by atoms with van der Waals surface area (Å²) in [5.74, 6) is -2.66. The molecule has 84 valence electrons. The van der Waals surface area contributed by atoms with Crippen LogP contribution in [0.15, 0.2) is 18.2 Å². The number of carbonyl (C=O) groups is 2. The van der Waals surface area contributed by atoms with Crippen molar-refractivity contribution in [1.82, 2.24) is 10.6 Å². The molecule has 0 saturated carbocycles. The molecule has 2 N–H and O–H groups in total. The summed E-state index contributed by atoms with van der Waals surface area (Å²) in [5, 5.41) is 4.39. The average Bonchev–Trinajstić information content (AvgIpc) is 2.46. The number of amides is 3. The lowest BCUT2D eigenvalue weighted by Gasteiger charge is -2.20. The number of nitrogens with one attached hydrogen (secondary N) is 2. The predicted molar refractivity (Wildman–Crippen MR) is 50.4 cm³/mol. The van der Waals surface area contributed by atoms with Gasteiger partial charge in [-0.15, -0.1) is 0 Å². The van der Waals surface area contributed by atoms with Gasteiger partial charge in [0, 0.05) is 0 Å². The number of benzene rings is 1. The largest absolute Gasteiger partial charge is 0.322 e. The van der Waals surface area contributed by atoms with Crippen LogP contribution in [0, 0.1) is 11.6 Å². The van der Waals surface area contributed by atoms with E-state index in [9.17, 15) is 18.4 Å². The minimum atomic E-state index is -1.36. The first-order valence-electron chi connectivity index (χ1n) is 4.52. The highest BCUT2D eigenvalue weighted by Gasteiger charge is 2.43. The van der Waals surface area contributed by atoms with Gasteiger partial charge in [0.15, 0.2) is 11.6 Å². The SMILES string of the molecule is C[C@]1(c2ccc(F)c(F)c2)NC(=O)NC1=O. The van der Waals surface area contributed by atoms with Crippen LogP contribution in [-0.2, 0) is 10.3 Å². The van der Waals surface area contributed by atoms with Gasteiger partial charge >= 0.3 is 6.03 Å². The molecule has 1 fully saturated rings. The van der Waals surface area contributed by atoms with Crippen LogP contribution in [0.2, 0.25) is 0 Å². The predicted octanol–water partition coefficient (Wildman–Crippen LogP) is 1.02. The lowest BCUT2D eigenvalue weighted by atomic mass is 9.92. The van der Waals surface area contributed by atoms with Gasteiger partial charge in [-0.2, -0.15) is 0 Å². The van der Waals surface area contributed by atoms with Gasteiger partial charge in [0.2, 0.25) is 0 Å². The zero-order valence-electron chi connectivity index (χ0n) is 8.30. The van der Waals surface area contributed by atoms with Crippen molar-refractivity contribution in [2.75, 3.05) is 0 Å². The third-order valence-corrected chi connectivity index (χ3v) is 2.54. The van der Waals surface area contributed by atoms with Gasteiger partial charge < -0.3 is 5.32 Å². The van der Waals surface area contributed by atoms with Crippen molar-refractivity contribution in [3.8, 4) is 0 Å². The van der Waals surface area contributed by atoms with E-state index in [0.717, 1.165) is 12.1 Å². The molecule has 1 aliphatic rings. The van der Waals surface area contributed by atoms with Crippen LogP contribution in [0.3, 0.4) is 0 Å². The Kier molecular flexibility index (Phi) is 2.15. The Morgan fingerprint density at radius 1 is 1.19 bits per heavy atom. The Bertz CT molecular complexity index is 490. The van der Waals surface area contributed by atoms with E-state index < -0.39 is 29.1 Å². The van der Waals surface area contributed by atoms with Crippen molar-refractivity contribution in [2.45, 2.75) is 12.5 Å². The van der Waals surface area contributed by atoms with Crippen molar-refractivity contribution in [3.63, 3.8) is 0 Å². The standard InChI is InChI=1S/C10H8F2N2O2/c1-10(8(15)13-9(16)14-10)5-2-3-6(11)7(12)4-5/h2-4H,1H3,(H2,13,14,15,16)/t10-/m1/s1. The van der Waals surface area contributed by atoms with E-state index in [1.54, 1.807) is 0 Å². The van der Waals surface area contributed by atoms with Gasteiger partial charge in [-0.25, -0.2) is 13.6 Å². The second-order valence-corrected chi connectivity index (χ2v) is 3.66. The number of halogens is 2. The number of carbonyl (C=O) groups excluding carboxylic acids is 2. The molecule has 16 heavy (non-hydrogen) atoms. The lowest BCUT2D eigenvalue weighted by Crippen LogP contribution is -2.40. The smallest absolute Gasteiger partial charge is 0.320 e. The molecule has 4 nitrogen and oxygen atoms in total. The van der Waals surface area contributed by atoms with Crippen molar-refractivity contribution < 1.29 is 18.4 Å². The number of urea groups is 1. The Labute approximate surface area is 89.6 Å². The first-order chi connectivity index (χ1) is 7.43. The summed E-state index contributed by atoms with van der Waals surface area (Å²) in [6, 6.07) is 2.40. The normalized spacial score (nSPS) is 24.2. The topological polar surface area (TPSA) is 58.2 Å². The zero-order valence-corrected chi connectivity index (χ0v) is 8.30. The third kappa shape index (κ3) is 1.42. The number of imide groups is 1. The van der Waals surface area contributed by atoms with Crippen LogP contribution >= 0.6 is 0 Å². The van der Waals surface area contributed by atoms with E-state index in [1.165, 1.54) is 13.0 Å². The Morgan fingerprint density at radius 3 is 2.38 bits per heavy atom. The van der Waals surface area contributed by atoms with Crippen molar-refractivity contribution in [1.29, 1.82) is 0 Å². The molecule has 1 aliphatic heterocycles. The van der Waals surface area contributed by atoms with Gasteiger partial charge in [0.05, 0.1) is 0 Å². The van der Waals surface area contributed by atoms with Gasteiger partial charge in [0.25, 0.3) is 5.91 Å². The highest BCUT2D eigenvalue weighted by Crippen LogP contribution is 2.25. The van der Waals surface area contributed by atoms with E-state index in [2.05, 4.69) is 5.32 Å². The summed E-state index contributed by atoms with van der Waals surface area (Å²) < 4.78 is 25.7. The van der Waals surface area contributed by atoms with Crippen LogP contribution in [0.5, 0.6) is 0 Å². The van der Waals surface area contributed by atoms with Crippen LogP contribution in [0.25, 0.3) is 0 Å². The summed E-state index contributed by atoms with van der Waals surface area (Å²) in [7, 11) is 0. The highest BCUT2D eigenvalue weighted by molar-refractivity contribution is 6.07. The molecule has 1 atom stereocenters. The second kappa shape index (κ2) is 3.26. The minimum Gasteiger partial charge on any atom is -0.320 e. The molecule has 0 bridgehead atoms. The summed E-state index contributed by atoms with van der Waals surface area (Å²) >= 11 is 0. The van der Waals surface area contributed by atoms with E-state index >= 15 is 0 Å². The summed E-state index contributed by atoms with van der Waals surface area (Å²) in [6.07, 6.45) is 0. The Balaban J connectivity index is 2.47. The van der Waals surface area contributed by atoms with E-state index in [1.807, 2.05) is 5.32 Å². The Hall–Kier alpha value is -1.98. The second-order valence-electron chi connectivity index (χ2n) is 3.66. The van der Waals surface area contributed by atoms with Crippen molar-refractivity contribution in [2.24, 2.45) is 0 Å². The fourth-order valence-corrected chi connectivity index (χ4v) is 1.55. The van der Waals surface area contributed by atoms with E-state index in [0.29, 0.717) is 0 Å². The Morgan fingerprint density at radius 2 is 1.88 bits per heavy atom. The molecule has 0 aliphatic carbocycles. The van der Waals surface area contributed by atoms with Gasteiger partial charge in [-0.1, -0.05) is 6.07 Å². The lowest BCUT2D eigenvalue weighted by molar-refractivity contribution is -0.123. The maximum absolute atomic E-state index is 13.0. The van der Waals surface area contributed by atoms with Crippen LogP contribution in [-0.4, -0.2) is 11.9 Å². The van der Waals surface area contributed by atoms with E-state index in [-0.39, 0.29) is 5.56 Å². The molecule has 1 aromatic rings. The first kappa shape index (κ1) is 10.5. The fraction of sp³-hybridized carbons (Fsp3) is 0.200. The molecule has 3 amide bonds. The van der Waals surface area contributed by atoms with Crippen molar-refractivity contribution in [3.05, 3.63) is 35.4 Å². The van der Waals surface area contributed by atoms with Crippen LogP contribution in [0.1, 0.15) is 12.5 Å². The third-order valence-electron chi connectivity index (χ3n) is 2.54. The minimum absolute atomic E-state index is 0.190. The molecule has 0 radical (unpaired) electrons. The number of rotatable bonds is 1. The summed E-state index contributed by atoms with van der Waals surface area (Å²) in [5.41, 5.74) is -1.17. The molecule has 0 unspecified atom stereocenters. The molecule has 0 aromatic heterocycles. The van der Waals surface area contributed by atoms with Gasteiger partial charge in [-0.05, 0) is 24.6 Å². The maximum atomic E-state index is 13.0. The van der Waals surface area contributed by atoms with Gasteiger partial charge in [-0.3, -0.25) is 10.1 Å². The summed E-state index contributed by atoms with van der Waals surface area (Å²) in [6.45, 7) is 1.42. The first-order valence-corrected chi connectivity index (χ1v) is 4.52. The summed E-state index contributed by atoms with van der Waals surface area (Å²) in [4.78, 5) is 22.5. The molecule has 6 heteroatoms.